The monoisotopic (exact) mass is 266 g/mol. The molecular formula is C13H22N4O2. The average Bonchev–Trinajstić information content (AvgIpc) is 3.03. The molecule has 2 saturated heterocycles. The Balaban J connectivity index is 1.66. The number of piperidine rings is 1. The Bertz CT molecular complexity index is 418. The largest absolute Gasteiger partial charge is 0.347 e. The minimum absolute atomic E-state index is 0.243. The van der Waals surface area contributed by atoms with E-state index in [-0.39, 0.29) is 11.8 Å². The predicted molar refractivity (Wildman–Crippen MR) is 70.4 cm³/mol. The molecule has 2 N–H and O–H groups in total. The van der Waals surface area contributed by atoms with Crippen LogP contribution < -0.4 is 5.73 Å². The number of ether oxygens (including phenoxy) is 2. The van der Waals surface area contributed by atoms with Gasteiger partial charge in [0.2, 0.25) is 0 Å². The predicted octanol–water partition coefficient (Wildman–Crippen LogP) is 0.259. The van der Waals surface area contributed by atoms with Gasteiger partial charge in [-0.1, -0.05) is 0 Å². The van der Waals surface area contributed by atoms with Crippen molar-refractivity contribution in [2.24, 2.45) is 12.8 Å². The molecule has 0 radical (unpaired) electrons. The van der Waals surface area contributed by atoms with Crippen molar-refractivity contribution in [3.05, 3.63) is 18.0 Å². The SMILES string of the molecule is Cn1cc(C(CN)N2CCC3(CC2)OCCO3)cn1. The van der Waals surface area contributed by atoms with E-state index < -0.39 is 0 Å². The highest BCUT2D eigenvalue weighted by Gasteiger charge is 2.41. The molecule has 2 aliphatic heterocycles. The van der Waals surface area contributed by atoms with Gasteiger partial charge in [-0.15, -0.1) is 0 Å². The van der Waals surface area contributed by atoms with Gasteiger partial charge >= 0.3 is 0 Å². The quantitative estimate of drug-likeness (QED) is 0.850. The maximum Gasteiger partial charge on any atom is 0.170 e. The highest BCUT2D eigenvalue weighted by molar-refractivity contribution is 5.11. The first-order valence-electron chi connectivity index (χ1n) is 6.93. The van der Waals surface area contributed by atoms with Gasteiger partial charge in [0.1, 0.15) is 0 Å². The van der Waals surface area contributed by atoms with E-state index in [9.17, 15) is 0 Å². The molecule has 3 heterocycles. The summed E-state index contributed by atoms with van der Waals surface area (Å²) < 4.78 is 13.3. The molecule has 2 aliphatic rings. The van der Waals surface area contributed by atoms with Crippen LogP contribution in [0.1, 0.15) is 24.4 Å². The molecule has 6 heteroatoms. The molecule has 0 saturated carbocycles. The molecule has 0 amide bonds. The number of aryl methyl sites for hydroxylation is 1. The zero-order valence-electron chi connectivity index (χ0n) is 11.4. The molecule has 1 aromatic heterocycles. The third-order valence-corrected chi connectivity index (χ3v) is 4.15. The summed E-state index contributed by atoms with van der Waals surface area (Å²) in [5.41, 5.74) is 7.14. The highest BCUT2D eigenvalue weighted by Crippen LogP contribution is 2.34. The summed E-state index contributed by atoms with van der Waals surface area (Å²) in [6.45, 7) is 3.97. The smallest absolute Gasteiger partial charge is 0.170 e. The van der Waals surface area contributed by atoms with Crippen molar-refractivity contribution in [2.45, 2.75) is 24.7 Å². The van der Waals surface area contributed by atoms with E-state index >= 15 is 0 Å². The van der Waals surface area contributed by atoms with E-state index in [4.69, 9.17) is 15.2 Å². The number of hydrogen-bond acceptors (Lipinski definition) is 5. The summed E-state index contributed by atoms with van der Waals surface area (Å²) in [6.07, 6.45) is 5.79. The first-order valence-corrected chi connectivity index (χ1v) is 6.93. The van der Waals surface area contributed by atoms with Crippen molar-refractivity contribution < 1.29 is 9.47 Å². The third-order valence-electron chi connectivity index (χ3n) is 4.15. The van der Waals surface area contributed by atoms with E-state index in [1.807, 2.05) is 24.1 Å². The maximum absolute atomic E-state index is 5.95. The van der Waals surface area contributed by atoms with Crippen LogP contribution in [0, 0.1) is 0 Å². The Kier molecular flexibility index (Phi) is 3.58. The zero-order valence-corrected chi connectivity index (χ0v) is 11.4. The van der Waals surface area contributed by atoms with Gasteiger partial charge in [-0.05, 0) is 0 Å². The summed E-state index contributed by atoms with van der Waals surface area (Å²) in [5, 5.41) is 4.24. The van der Waals surface area contributed by atoms with Crippen molar-refractivity contribution in [3.63, 3.8) is 0 Å². The van der Waals surface area contributed by atoms with Crippen LogP contribution in [0.3, 0.4) is 0 Å². The van der Waals surface area contributed by atoms with Crippen LogP contribution in [0.15, 0.2) is 12.4 Å². The van der Waals surface area contributed by atoms with Gasteiger partial charge in [-0.25, -0.2) is 0 Å². The highest BCUT2D eigenvalue weighted by atomic mass is 16.7. The van der Waals surface area contributed by atoms with E-state index in [1.165, 1.54) is 5.56 Å². The molecule has 3 rings (SSSR count). The van der Waals surface area contributed by atoms with Crippen LogP contribution in [0.5, 0.6) is 0 Å². The Labute approximate surface area is 113 Å². The van der Waals surface area contributed by atoms with Gasteiger partial charge in [-0.2, -0.15) is 5.10 Å². The molecule has 1 aromatic rings. The summed E-state index contributed by atoms with van der Waals surface area (Å²) in [7, 11) is 1.93. The van der Waals surface area contributed by atoms with Crippen LogP contribution >= 0.6 is 0 Å². The molecule has 2 fully saturated rings. The minimum Gasteiger partial charge on any atom is -0.347 e. The van der Waals surface area contributed by atoms with Crippen LogP contribution in [-0.2, 0) is 16.5 Å². The van der Waals surface area contributed by atoms with Gasteiger partial charge in [0, 0.05) is 51.3 Å². The molecule has 1 unspecified atom stereocenters. The fourth-order valence-corrected chi connectivity index (χ4v) is 3.07. The lowest BCUT2D eigenvalue weighted by molar-refractivity contribution is -0.187. The number of nitrogens with two attached hydrogens (primary N) is 1. The van der Waals surface area contributed by atoms with Crippen LogP contribution in [0.25, 0.3) is 0 Å². The van der Waals surface area contributed by atoms with E-state index in [2.05, 4.69) is 10.00 Å². The molecule has 0 aromatic carbocycles. The topological polar surface area (TPSA) is 65.5 Å². The second-order valence-electron chi connectivity index (χ2n) is 5.34. The van der Waals surface area contributed by atoms with E-state index in [0.717, 1.165) is 39.1 Å². The normalized spacial score (nSPS) is 24.9. The fraction of sp³-hybridized carbons (Fsp3) is 0.769. The Morgan fingerprint density at radius 1 is 1.37 bits per heavy atom. The lowest BCUT2D eigenvalue weighted by Gasteiger charge is -2.40. The summed E-state index contributed by atoms with van der Waals surface area (Å²) in [6, 6.07) is 0.243. The minimum atomic E-state index is -0.315. The van der Waals surface area contributed by atoms with Gasteiger partial charge < -0.3 is 15.2 Å². The van der Waals surface area contributed by atoms with Gasteiger partial charge in [-0.3, -0.25) is 9.58 Å². The van der Waals surface area contributed by atoms with Crippen molar-refractivity contribution in [1.29, 1.82) is 0 Å². The molecule has 1 spiro atoms. The van der Waals surface area contributed by atoms with Crippen molar-refractivity contribution in [1.82, 2.24) is 14.7 Å². The Hall–Kier alpha value is -0.950. The maximum atomic E-state index is 5.95. The summed E-state index contributed by atoms with van der Waals surface area (Å²) >= 11 is 0. The second-order valence-corrected chi connectivity index (χ2v) is 5.34. The summed E-state index contributed by atoms with van der Waals surface area (Å²) in [4.78, 5) is 2.41. The molecule has 19 heavy (non-hydrogen) atoms. The number of nitrogens with zero attached hydrogens (tertiary/aromatic N) is 3. The van der Waals surface area contributed by atoms with Gasteiger partial charge in [0.15, 0.2) is 5.79 Å². The molecule has 0 aliphatic carbocycles. The first kappa shape index (κ1) is 13.1. The molecule has 0 bridgehead atoms. The number of aromatic nitrogens is 2. The summed E-state index contributed by atoms with van der Waals surface area (Å²) in [5.74, 6) is -0.315. The second kappa shape index (κ2) is 5.20. The van der Waals surface area contributed by atoms with Gasteiger partial charge in [0.05, 0.1) is 25.5 Å². The van der Waals surface area contributed by atoms with Crippen LogP contribution in [-0.4, -0.2) is 53.3 Å². The number of rotatable bonds is 3. The average molecular weight is 266 g/mol. The van der Waals surface area contributed by atoms with Crippen molar-refractivity contribution in [2.75, 3.05) is 32.8 Å². The van der Waals surface area contributed by atoms with Crippen molar-refractivity contribution in [3.8, 4) is 0 Å². The van der Waals surface area contributed by atoms with Crippen LogP contribution in [0.4, 0.5) is 0 Å². The molecular weight excluding hydrogens is 244 g/mol. The third kappa shape index (κ3) is 2.53. The number of likely N-dealkylation sites (tertiary alicyclic amines) is 1. The fourth-order valence-electron chi connectivity index (χ4n) is 3.07. The molecule has 106 valence electrons. The standard InChI is InChI=1S/C13H22N4O2/c1-16-10-11(9-15-16)12(8-14)17-4-2-13(3-5-17)18-6-7-19-13/h9-10,12H,2-8,14H2,1H3. The van der Waals surface area contributed by atoms with Crippen molar-refractivity contribution >= 4 is 0 Å². The Morgan fingerprint density at radius 2 is 2.05 bits per heavy atom. The van der Waals surface area contributed by atoms with Crippen LogP contribution in [0.2, 0.25) is 0 Å². The van der Waals surface area contributed by atoms with E-state index in [0.29, 0.717) is 6.54 Å². The van der Waals surface area contributed by atoms with Gasteiger partial charge in [0.25, 0.3) is 0 Å². The zero-order chi connectivity index (χ0) is 13.3. The number of hydrogen-bond donors (Lipinski definition) is 1. The van der Waals surface area contributed by atoms with E-state index in [1.54, 1.807) is 0 Å². The Morgan fingerprint density at radius 3 is 2.58 bits per heavy atom. The molecule has 6 nitrogen and oxygen atoms in total. The first-order chi connectivity index (χ1) is 9.22. The molecule has 1 atom stereocenters. The lowest BCUT2D eigenvalue weighted by Crippen LogP contribution is -2.47. The lowest BCUT2D eigenvalue weighted by atomic mass is 10.00.